The van der Waals surface area contributed by atoms with E-state index >= 15 is 0 Å². The summed E-state index contributed by atoms with van der Waals surface area (Å²) in [5, 5.41) is 14.0. The van der Waals surface area contributed by atoms with Crippen LogP contribution in [0.1, 0.15) is 32.6 Å². The summed E-state index contributed by atoms with van der Waals surface area (Å²) < 4.78 is 4.59. The van der Waals surface area contributed by atoms with Crippen LogP contribution >= 0.6 is 0 Å². The molecule has 2 amide bonds. The van der Waals surface area contributed by atoms with E-state index in [1.165, 1.54) is 0 Å². The highest BCUT2D eigenvalue weighted by Crippen LogP contribution is 2.28. The summed E-state index contributed by atoms with van der Waals surface area (Å²) in [5.41, 5.74) is 0. The Morgan fingerprint density at radius 2 is 1.85 bits per heavy atom. The summed E-state index contributed by atoms with van der Waals surface area (Å²) >= 11 is 0. The van der Waals surface area contributed by atoms with Crippen molar-refractivity contribution in [3.8, 4) is 0 Å². The van der Waals surface area contributed by atoms with Crippen molar-refractivity contribution in [1.82, 2.24) is 10.6 Å². The van der Waals surface area contributed by atoms with Crippen molar-refractivity contribution in [3.63, 3.8) is 0 Å². The van der Waals surface area contributed by atoms with Gasteiger partial charge in [0.1, 0.15) is 0 Å². The minimum absolute atomic E-state index is 0.0532. The number of aliphatic carboxylic acids is 1. The van der Waals surface area contributed by atoms with Crippen molar-refractivity contribution in [1.29, 1.82) is 0 Å². The minimum Gasteiger partial charge on any atom is -0.481 e. The predicted octanol–water partition coefficient (Wildman–Crippen LogP) is 0.740. The molecule has 0 saturated heterocycles. The second kappa shape index (κ2) is 8.52. The number of carboxylic acid groups (broad SMARTS) is 1. The summed E-state index contributed by atoms with van der Waals surface area (Å²) in [5.74, 6) is -0.979. The topological polar surface area (TPSA) is 105 Å². The second-order valence-corrected chi connectivity index (χ2v) is 4.96. The van der Waals surface area contributed by atoms with Gasteiger partial charge in [0.2, 0.25) is 5.91 Å². The molecule has 20 heavy (non-hydrogen) atoms. The van der Waals surface area contributed by atoms with E-state index in [1.54, 1.807) is 6.92 Å². The lowest BCUT2D eigenvalue weighted by Crippen LogP contribution is -2.39. The fourth-order valence-electron chi connectivity index (χ4n) is 2.33. The molecule has 0 aromatic carbocycles. The van der Waals surface area contributed by atoms with Gasteiger partial charge in [-0.05, 0) is 45.1 Å². The SMILES string of the molecule is CCOC(=O)NC(=O)CNCC1CCC(C(=O)O)CC1. The lowest BCUT2D eigenvalue weighted by Gasteiger charge is -2.26. The first kappa shape index (κ1) is 16.4. The molecule has 7 nitrogen and oxygen atoms in total. The largest absolute Gasteiger partial charge is 0.481 e. The third-order valence-electron chi connectivity index (χ3n) is 3.43. The van der Waals surface area contributed by atoms with Gasteiger partial charge < -0.3 is 15.2 Å². The number of imide groups is 1. The number of nitrogens with one attached hydrogen (secondary N) is 2. The lowest BCUT2D eigenvalue weighted by atomic mass is 9.82. The van der Waals surface area contributed by atoms with Crippen molar-refractivity contribution in [2.24, 2.45) is 11.8 Å². The average molecular weight is 286 g/mol. The maximum Gasteiger partial charge on any atom is 0.413 e. The Labute approximate surface area is 118 Å². The minimum atomic E-state index is -0.735. The van der Waals surface area contributed by atoms with Crippen molar-refractivity contribution in [2.45, 2.75) is 32.6 Å². The average Bonchev–Trinajstić information content (AvgIpc) is 2.39. The van der Waals surface area contributed by atoms with E-state index in [9.17, 15) is 14.4 Å². The molecule has 1 rings (SSSR count). The van der Waals surface area contributed by atoms with Crippen molar-refractivity contribution in [3.05, 3.63) is 0 Å². The Morgan fingerprint density at radius 1 is 1.20 bits per heavy atom. The number of hydrogen-bond acceptors (Lipinski definition) is 5. The van der Waals surface area contributed by atoms with E-state index in [1.807, 2.05) is 0 Å². The van der Waals surface area contributed by atoms with Gasteiger partial charge in [-0.1, -0.05) is 0 Å². The van der Waals surface area contributed by atoms with Gasteiger partial charge >= 0.3 is 12.1 Å². The normalized spacial score (nSPS) is 22.1. The lowest BCUT2D eigenvalue weighted by molar-refractivity contribution is -0.143. The molecule has 0 aromatic heterocycles. The Balaban J connectivity index is 2.11. The summed E-state index contributed by atoms with van der Waals surface area (Å²) in [6, 6.07) is 0. The third kappa shape index (κ3) is 6.01. The molecule has 0 unspecified atom stereocenters. The van der Waals surface area contributed by atoms with Crippen LogP contribution in [0.4, 0.5) is 4.79 Å². The molecule has 0 heterocycles. The number of hydrogen-bond donors (Lipinski definition) is 3. The van der Waals surface area contributed by atoms with Crippen molar-refractivity contribution >= 4 is 18.0 Å². The van der Waals surface area contributed by atoms with Crippen LogP contribution in [0.2, 0.25) is 0 Å². The van der Waals surface area contributed by atoms with Crippen LogP contribution < -0.4 is 10.6 Å². The molecule has 3 N–H and O–H groups in total. The number of carbonyl (C=O) groups is 3. The molecule has 0 spiro atoms. The Hall–Kier alpha value is -1.63. The van der Waals surface area contributed by atoms with Crippen LogP contribution in [-0.4, -0.2) is 42.8 Å². The highest BCUT2D eigenvalue weighted by atomic mass is 16.5. The molecule has 114 valence electrons. The third-order valence-corrected chi connectivity index (χ3v) is 3.43. The number of amides is 2. The van der Waals surface area contributed by atoms with Gasteiger partial charge in [-0.25, -0.2) is 4.79 Å². The standard InChI is InChI=1S/C13H22N2O5/c1-2-20-13(19)15-11(16)8-14-7-9-3-5-10(6-4-9)12(17)18/h9-10,14H,2-8H2,1H3,(H,17,18)(H,15,16,19). The first-order chi connectivity index (χ1) is 9.52. The number of alkyl carbamates (subject to hydrolysis) is 1. The first-order valence-electron chi connectivity index (χ1n) is 6.93. The van der Waals surface area contributed by atoms with Crippen molar-refractivity contribution in [2.75, 3.05) is 19.7 Å². The van der Waals surface area contributed by atoms with E-state index < -0.39 is 18.0 Å². The maximum absolute atomic E-state index is 11.4. The van der Waals surface area contributed by atoms with Crippen LogP contribution in [-0.2, 0) is 14.3 Å². The maximum atomic E-state index is 11.4. The van der Waals surface area contributed by atoms with Gasteiger partial charge in [0.15, 0.2) is 0 Å². The quantitative estimate of drug-likeness (QED) is 0.665. The summed E-state index contributed by atoms with van der Waals surface area (Å²) in [4.78, 5) is 33.1. The number of carbonyl (C=O) groups excluding carboxylic acids is 2. The van der Waals surface area contributed by atoms with Gasteiger partial charge in [-0.2, -0.15) is 0 Å². The fourth-order valence-corrected chi connectivity index (χ4v) is 2.33. The van der Waals surface area contributed by atoms with E-state index in [2.05, 4.69) is 15.4 Å². The fraction of sp³-hybridized carbons (Fsp3) is 0.769. The highest BCUT2D eigenvalue weighted by molar-refractivity contribution is 5.92. The molecular formula is C13H22N2O5. The zero-order chi connectivity index (χ0) is 15.0. The van der Waals surface area contributed by atoms with Gasteiger partial charge in [0.05, 0.1) is 19.1 Å². The molecule has 0 atom stereocenters. The highest BCUT2D eigenvalue weighted by Gasteiger charge is 2.25. The molecule has 7 heteroatoms. The van der Waals surface area contributed by atoms with Gasteiger partial charge in [-0.15, -0.1) is 0 Å². The molecule has 1 fully saturated rings. The molecule has 1 aliphatic carbocycles. The monoisotopic (exact) mass is 286 g/mol. The molecule has 0 radical (unpaired) electrons. The molecule has 0 bridgehead atoms. The molecule has 1 saturated carbocycles. The zero-order valence-electron chi connectivity index (χ0n) is 11.7. The Morgan fingerprint density at radius 3 is 2.40 bits per heavy atom. The van der Waals surface area contributed by atoms with Crippen LogP contribution in [0.3, 0.4) is 0 Å². The summed E-state index contributed by atoms with van der Waals surface area (Å²) in [6.45, 7) is 2.59. The van der Waals surface area contributed by atoms with E-state index in [4.69, 9.17) is 5.11 Å². The van der Waals surface area contributed by atoms with Gasteiger partial charge in [-0.3, -0.25) is 14.9 Å². The van der Waals surface area contributed by atoms with Crippen molar-refractivity contribution < 1.29 is 24.2 Å². The van der Waals surface area contributed by atoms with E-state index in [-0.39, 0.29) is 19.1 Å². The molecule has 0 aromatic rings. The molecule has 0 aliphatic heterocycles. The second-order valence-electron chi connectivity index (χ2n) is 4.96. The van der Waals surface area contributed by atoms with E-state index in [0.717, 1.165) is 12.8 Å². The smallest absolute Gasteiger partial charge is 0.413 e. The predicted molar refractivity (Wildman–Crippen MR) is 71.1 cm³/mol. The van der Waals surface area contributed by atoms with Crippen LogP contribution in [0, 0.1) is 11.8 Å². The molecule has 1 aliphatic rings. The van der Waals surface area contributed by atoms with E-state index in [0.29, 0.717) is 25.3 Å². The van der Waals surface area contributed by atoms with Crippen LogP contribution in [0.15, 0.2) is 0 Å². The van der Waals surface area contributed by atoms with Gasteiger partial charge in [0.25, 0.3) is 0 Å². The molecular weight excluding hydrogens is 264 g/mol. The number of carboxylic acids is 1. The van der Waals surface area contributed by atoms with Crippen LogP contribution in [0.25, 0.3) is 0 Å². The van der Waals surface area contributed by atoms with Crippen LogP contribution in [0.5, 0.6) is 0 Å². The Bertz CT molecular complexity index is 351. The summed E-state index contributed by atoms with van der Waals surface area (Å²) in [6.07, 6.45) is 2.35. The van der Waals surface area contributed by atoms with Gasteiger partial charge in [0, 0.05) is 0 Å². The zero-order valence-corrected chi connectivity index (χ0v) is 11.7. The number of ether oxygens (including phenoxy) is 1. The number of rotatable bonds is 6. The first-order valence-corrected chi connectivity index (χ1v) is 6.93. The summed E-state index contributed by atoms with van der Waals surface area (Å²) in [7, 11) is 0. The Kier molecular flexibility index (Phi) is 7.00.